The lowest BCUT2D eigenvalue weighted by atomic mass is 9.82. The quantitative estimate of drug-likeness (QED) is 0.175. The SMILES string of the molecule is N.O=P(O)(O)O[C@]1(O)[C@H](O)[C@H](O)[C@@H](O)[C@H](O)[C@H]1O. The van der Waals surface area contributed by atoms with Gasteiger partial charge in [0.05, 0.1) is 0 Å². The first kappa shape index (κ1) is 17.8. The summed E-state index contributed by atoms with van der Waals surface area (Å²) in [4.78, 5) is 17.0. The molecular weight excluding hydrogens is 277 g/mol. The van der Waals surface area contributed by atoms with Gasteiger partial charge in [-0.1, -0.05) is 0 Å². The molecule has 1 rings (SSSR count). The Labute approximate surface area is 101 Å². The maximum atomic E-state index is 10.6. The van der Waals surface area contributed by atoms with E-state index in [1.807, 2.05) is 0 Å². The van der Waals surface area contributed by atoms with Crippen LogP contribution in [0.4, 0.5) is 0 Å². The minimum Gasteiger partial charge on any atom is -0.387 e. The molecule has 1 saturated carbocycles. The van der Waals surface area contributed by atoms with Crippen LogP contribution in [0, 0.1) is 0 Å². The van der Waals surface area contributed by atoms with Crippen molar-refractivity contribution < 1.29 is 49.5 Å². The Morgan fingerprint density at radius 3 is 1.50 bits per heavy atom. The van der Waals surface area contributed by atoms with Gasteiger partial charge in [-0.15, -0.1) is 0 Å². The van der Waals surface area contributed by atoms with Gasteiger partial charge in [0.25, 0.3) is 0 Å². The average Bonchev–Trinajstić information content (AvgIpc) is 2.19. The van der Waals surface area contributed by atoms with Crippen molar-refractivity contribution >= 4 is 7.82 Å². The van der Waals surface area contributed by atoms with Crippen molar-refractivity contribution in [2.24, 2.45) is 0 Å². The van der Waals surface area contributed by atoms with Crippen molar-refractivity contribution in [2.45, 2.75) is 36.3 Å². The number of rotatable bonds is 2. The van der Waals surface area contributed by atoms with E-state index in [1.165, 1.54) is 0 Å². The van der Waals surface area contributed by atoms with Crippen LogP contribution in [0.5, 0.6) is 0 Å². The van der Waals surface area contributed by atoms with Crippen molar-refractivity contribution in [3.8, 4) is 0 Å². The second-order valence-electron chi connectivity index (χ2n) is 3.70. The number of hydrogen-bond acceptors (Lipinski definition) is 9. The predicted molar refractivity (Wildman–Crippen MR) is 53.1 cm³/mol. The molecule has 110 valence electrons. The van der Waals surface area contributed by atoms with E-state index in [-0.39, 0.29) is 6.15 Å². The monoisotopic (exact) mass is 293 g/mol. The van der Waals surface area contributed by atoms with E-state index >= 15 is 0 Å². The van der Waals surface area contributed by atoms with Crippen LogP contribution in [-0.4, -0.2) is 76.7 Å². The third kappa shape index (κ3) is 3.04. The molecule has 18 heavy (non-hydrogen) atoms. The Hall–Kier alpha value is -0.170. The summed E-state index contributed by atoms with van der Waals surface area (Å²) in [6, 6.07) is 0. The molecular formula is C6H16NO10P. The predicted octanol–water partition coefficient (Wildman–Crippen LogP) is -4.24. The summed E-state index contributed by atoms with van der Waals surface area (Å²) in [7, 11) is -5.32. The second-order valence-corrected chi connectivity index (χ2v) is 4.86. The van der Waals surface area contributed by atoms with Crippen molar-refractivity contribution in [1.29, 1.82) is 0 Å². The lowest BCUT2D eigenvalue weighted by Crippen LogP contribution is -2.71. The fraction of sp³-hybridized carbons (Fsp3) is 1.00. The van der Waals surface area contributed by atoms with Gasteiger partial charge >= 0.3 is 7.82 Å². The largest absolute Gasteiger partial charge is 0.472 e. The molecule has 0 bridgehead atoms. The van der Waals surface area contributed by atoms with E-state index in [0.717, 1.165) is 0 Å². The van der Waals surface area contributed by atoms with Gasteiger partial charge in [-0.25, -0.2) is 9.09 Å². The zero-order valence-corrected chi connectivity index (χ0v) is 9.83. The van der Waals surface area contributed by atoms with Crippen molar-refractivity contribution in [2.75, 3.05) is 0 Å². The molecule has 0 heterocycles. The summed E-state index contributed by atoms with van der Waals surface area (Å²) in [6.45, 7) is 0. The molecule has 0 radical (unpaired) electrons. The summed E-state index contributed by atoms with van der Waals surface area (Å²) >= 11 is 0. The first-order chi connectivity index (χ1) is 7.50. The second kappa shape index (κ2) is 5.45. The molecule has 0 amide bonds. The van der Waals surface area contributed by atoms with Crippen LogP contribution in [0.15, 0.2) is 0 Å². The molecule has 0 unspecified atom stereocenters. The van der Waals surface area contributed by atoms with Crippen LogP contribution in [-0.2, 0) is 9.09 Å². The van der Waals surface area contributed by atoms with E-state index in [1.54, 1.807) is 0 Å². The van der Waals surface area contributed by atoms with E-state index in [9.17, 15) is 30.1 Å². The number of hydrogen-bond donors (Lipinski definition) is 9. The van der Waals surface area contributed by atoms with Crippen molar-refractivity contribution in [1.82, 2.24) is 6.15 Å². The number of aliphatic hydroxyl groups is 6. The van der Waals surface area contributed by atoms with E-state index < -0.39 is 44.1 Å². The van der Waals surface area contributed by atoms with Gasteiger partial charge in [-0.05, 0) is 0 Å². The highest BCUT2D eigenvalue weighted by molar-refractivity contribution is 7.46. The molecule has 0 spiro atoms. The first-order valence-electron chi connectivity index (χ1n) is 4.39. The highest BCUT2D eigenvalue weighted by atomic mass is 31.2. The fourth-order valence-electron chi connectivity index (χ4n) is 1.54. The van der Waals surface area contributed by atoms with Gasteiger partial charge < -0.3 is 46.6 Å². The van der Waals surface area contributed by atoms with Crippen LogP contribution in [0.1, 0.15) is 0 Å². The maximum absolute atomic E-state index is 10.6. The molecule has 1 aliphatic carbocycles. The first-order valence-corrected chi connectivity index (χ1v) is 5.92. The minimum atomic E-state index is -5.32. The summed E-state index contributed by atoms with van der Waals surface area (Å²) in [5, 5.41) is 55.7. The third-order valence-corrected chi connectivity index (χ3v) is 2.99. The highest BCUT2D eigenvalue weighted by Crippen LogP contribution is 2.45. The molecule has 12 heteroatoms. The zero-order chi connectivity index (χ0) is 13.6. The van der Waals surface area contributed by atoms with Crippen LogP contribution < -0.4 is 6.15 Å². The van der Waals surface area contributed by atoms with Crippen LogP contribution in [0.2, 0.25) is 0 Å². The number of phosphoric ester groups is 1. The van der Waals surface area contributed by atoms with Crippen LogP contribution in [0.3, 0.4) is 0 Å². The standard InChI is InChI=1S/C6H13O10P.H3N/c7-1-2(8)4(10)6(12,5(11)3(1)9)16-17(13,14)15;/h1-5,7-12H,(H2,13,14,15);1H3/t1-,2-,3+,4-,5-,6-;/m1./s1. The molecule has 0 aromatic carbocycles. The fourth-order valence-corrected chi connectivity index (χ4v) is 2.14. The molecule has 0 aliphatic heterocycles. The Morgan fingerprint density at radius 2 is 1.22 bits per heavy atom. The Balaban J connectivity index is 0.00000289. The summed E-state index contributed by atoms with van der Waals surface area (Å²) in [5.74, 6) is -3.31. The third-order valence-electron chi connectivity index (χ3n) is 2.46. The lowest BCUT2D eigenvalue weighted by Gasteiger charge is -2.46. The van der Waals surface area contributed by atoms with Gasteiger partial charge in [0.2, 0.25) is 5.79 Å². The van der Waals surface area contributed by atoms with Crippen LogP contribution in [0.25, 0.3) is 0 Å². The maximum Gasteiger partial charge on any atom is 0.472 e. The van der Waals surface area contributed by atoms with E-state index in [2.05, 4.69) is 4.52 Å². The minimum absolute atomic E-state index is 0. The Kier molecular flexibility index (Phi) is 5.39. The van der Waals surface area contributed by atoms with E-state index in [4.69, 9.17) is 14.9 Å². The van der Waals surface area contributed by atoms with Gasteiger partial charge in [-0.3, -0.25) is 0 Å². The molecule has 6 atom stereocenters. The van der Waals surface area contributed by atoms with Gasteiger partial charge in [0.15, 0.2) is 0 Å². The van der Waals surface area contributed by atoms with Gasteiger partial charge in [0.1, 0.15) is 30.5 Å². The topological polar surface area (TPSA) is 223 Å². The van der Waals surface area contributed by atoms with Gasteiger partial charge in [0, 0.05) is 0 Å². The normalized spacial score (nSPS) is 45.4. The molecule has 1 fully saturated rings. The highest BCUT2D eigenvalue weighted by Gasteiger charge is 2.61. The lowest BCUT2D eigenvalue weighted by molar-refractivity contribution is -0.336. The Bertz CT molecular complexity index is 316. The smallest absolute Gasteiger partial charge is 0.387 e. The summed E-state index contributed by atoms with van der Waals surface area (Å²) in [5.41, 5.74) is 0. The average molecular weight is 293 g/mol. The summed E-state index contributed by atoms with van der Waals surface area (Å²) in [6.07, 6.45) is -11.2. The van der Waals surface area contributed by atoms with E-state index in [0.29, 0.717) is 0 Å². The van der Waals surface area contributed by atoms with Gasteiger partial charge in [-0.2, -0.15) is 0 Å². The summed E-state index contributed by atoms with van der Waals surface area (Å²) < 4.78 is 14.3. The van der Waals surface area contributed by atoms with Crippen molar-refractivity contribution in [3.05, 3.63) is 0 Å². The molecule has 0 saturated heterocycles. The number of phosphoric acid groups is 1. The molecule has 1 aliphatic rings. The molecule has 11 nitrogen and oxygen atoms in total. The van der Waals surface area contributed by atoms with Crippen LogP contribution >= 0.6 is 7.82 Å². The van der Waals surface area contributed by atoms with Crippen molar-refractivity contribution in [3.63, 3.8) is 0 Å². The zero-order valence-electron chi connectivity index (χ0n) is 8.94. The molecule has 11 N–H and O–H groups in total. The number of aliphatic hydroxyl groups excluding tert-OH is 5. The Morgan fingerprint density at radius 1 is 0.889 bits per heavy atom. The molecule has 0 aromatic heterocycles. The molecule has 0 aromatic rings.